The first-order chi connectivity index (χ1) is 45.1. The summed E-state index contributed by atoms with van der Waals surface area (Å²) in [5.41, 5.74) is 32.5. The SMILES string of the molecule is C\C=C(/C=C(\C(B1c2cc3c(cc2N2c4cc5c(cc4B(c4c(-c6ccccc6)cc(-c6ccccc6)cc4-c4ccccc4)c4cc(-c6ccccc6)cc1c42)C(C)(C)C(C)(C)C5(C)C)C(C)(C)C(C)(C)C3(C)C)=C1/C=CC=CC1C)c1ccccc1)c1ccccc1. The van der Waals surface area contributed by atoms with Crippen molar-refractivity contribution in [3.05, 3.63) is 311 Å². The van der Waals surface area contributed by atoms with Gasteiger partial charge in [0.05, 0.1) is 0 Å². The summed E-state index contributed by atoms with van der Waals surface area (Å²) < 4.78 is 0. The quantitative estimate of drug-likeness (QED) is 0.0974. The van der Waals surface area contributed by atoms with E-state index < -0.39 is 0 Å². The van der Waals surface area contributed by atoms with Crippen LogP contribution in [0.4, 0.5) is 17.1 Å². The molecule has 10 aromatic carbocycles. The van der Waals surface area contributed by atoms with Gasteiger partial charge in [-0.1, -0.05) is 338 Å². The second-order valence-electron chi connectivity index (χ2n) is 30.8. The van der Waals surface area contributed by atoms with Crippen molar-refractivity contribution in [3.63, 3.8) is 0 Å². The van der Waals surface area contributed by atoms with E-state index in [0.29, 0.717) is 0 Å². The maximum Gasteiger partial charge on any atom is 0.248 e. The molecule has 2 heterocycles. The molecule has 1 atom stereocenters. The lowest BCUT2D eigenvalue weighted by Crippen LogP contribution is -2.64. The van der Waals surface area contributed by atoms with Crippen LogP contribution in [0.2, 0.25) is 0 Å². The van der Waals surface area contributed by atoms with Crippen molar-refractivity contribution >= 4 is 68.9 Å². The summed E-state index contributed by atoms with van der Waals surface area (Å²) in [6.07, 6.45) is 14.3. The Bertz CT molecular complexity index is 4760. The lowest BCUT2D eigenvalue weighted by Gasteiger charge is -2.46. The number of fused-ring (bicyclic) bond motifs is 6. The summed E-state index contributed by atoms with van der Waals surface area (Å²) in [4.78, 5) is 2.83. The number of hydrogen-bond donors (Lipinski definition) is 0. The van der Waals surface area contributed by atoms with E-state index in [2.05, 4.69) is 369 Å². The molecule has 3 heteroatoms. The standard InChI is InChI=1S/C91H87B2N/c1-15-60(61-37-22-16-23-38-61)50-70(64-43-28-19-29-44-64)83(69-49-35-34-36-59(69)2)92-77-55-73-75(88(7,8)90(11,12)86(73,3)4)57-81(77)94-82-58-76-74(87(5,6)91(13,14)89(76,9)10)56-78(82)93(80-54-68(53-79(92)85(80)94)63-41-26-18-27-42-63)84-71(65-45-30-20-31-46-65)51-67(62-39-24-17-25-40-62)52-72(84)66-47-32-21-33-48-66/h15-59H,1-14H3/b60-15+,70-50-,83-69-. The summed E-state index contributed by atoms with van der Waals surface area (Å²) in [5, 5.41) is 0. The number of anilines is 3. The molecule has 10 aromatic rings. The molecule has 0 saturated carbocycles. The fourth-order valence-electron chi connectivity index (χ4n) is 17.5. The molecular weight excluding hydrogens is 1130 g/mol. The van der Waals surface area contributed by atoms with Crippen LogP contribution in [-0.4, -0.2) is 13.4 Å². The predicted octanol–water partition coefficient (Wildman–Crippen LogP) is 20.6. The minimum atomic E-state index is -0.251. The molecule has 94 heavy (non-hydrogen) atoms. The Morgan fingerprint density at radius 2 is 0.809 bits per heavy atom. The van der Waals surface area contributed by atoms with Crippen LogP contribution < -0.4 is 32.2 Å². The highest BCUT2D eigenvalue weighted by Gasteiger charge is 2.60. The van der Waals surface area contributed by atoms with Crippen molar-refractivity contribution < 1.29 is 0 Å². The van der Waals surface area contributed by atoms with Gasteiger partial charge in [-0.25, -0.2) is 0 Å². The zero-order chi connectivity index (χ0) is 65.4. The first kappa shape index (κ1) is 61.0. The first-order valence-electron chi connectivity index (χ1n) is 34.4. The van der Waals surface area contributed by atoms with Crippen LogP contribution in [0.5, 0.6) is 0 Å². The third-order valence-electron chi connectivity index (χ3n) is 25.2. The summed E-state index contributed by atoms with van der Waals surface area (Å²) in [5.74, 6) is 0.103. The van der Waals surface area contributed by atoms with Crippen LogP contribution in [0.1, 0.15) is 130 Å². The van der Waals surface area contributed by atoms with E-state index in [1.54, 1.807) is 0 Å². The molecule has 0 amide bonds. The highest BCUT2D eigenvalue weighted by molar-refractivity contribution is 7.02. The number of benzene rings is 10. The second kappa shape index (κ2) is 22.2. The van der Waals surface area contributed by atoms with Gasteiger partial charge in [0.1, 0.15) is 0 Å². The van der Waals surface area contributed by atoms with Gasteiger partial charge < -0.3 is 4.90 Å². The molecule has 0 N–H and O–H groups in total. The van der Waals surface area contributed by atoms with Gasteiger partial charge in [-0.05, 0) is 192 Å². The van der Waals surface area contributed by atoms with Crippen LogP contribution in [0, 0.1) is 16.7 Å². The van der Waals surface area contributed by atoms with E-state index in [1.807, 2.05) is 0 Å². The van der Waals surface area contributed by atoms with E-state index in [9.17, 15) is 0 Å². The number of rotatable bonds is 10. The Morgan fingerprint density at radius 1 is 0.404 bits per heavy atom. The highest BCUT2D eigenvalue weighted by Crippen LogP contribution is 2.64. The summed E-state index contributed by atoms with van der Waals surface area (Å²) in [7, 11) is 0. The largest absolute Gasteiger partial charge is 0.313 e. The molecule has 0 aromatic heterocycles. The third kappa shape index (κ3) is 9.03. The molecule has 15 rings (SSSR count). The topological polar surface area (TPSA) is 3.24 Å². The zero-order valence-electron chi connectivity index (χ0n) is 57.6. The Kier molecular flexibility index (Phi) is 14.4. The third-order valence-corrected chi connectivity index (χ3v) is 25.2. The molecule has 0 bridgehead atoms. The van der Waals surface area contributed by atoms with E-state index in [1.165, 1.54) is 144 Å². The van der Waals surface area contributed by atoms with Gasteiger partial charge in [-0.15, -0.1) is 0 Å². The Labute approximate surface area is 561 Å². The van der Waals surface area contributed by atoms with Crippen molar-refractivity contribution in [2.24, 2.45) is 16.7 Å². The minimum Gasteiger partial charge on any atom is -0.313 e. The van der Waals surface area contributed by atoms with E-state index in [-0.39, 0.29) is 51.8 Å². The van der Waals surface area contributed by atoms with Crippen molar-refractivity contribution in [1.29, 1.82) is 0 Å². The Balaban J connectivity index is 1.18. The molecule has 1 nitrogen and oxygen atoms in total. The molecular formula is C91H87B2N. The first-order valence-corrected chi connectivity index (χ1v) is 34.4. The maximum atomic E-state index is 2.83. The fraction of sp³-hybridized carbons (Fsp3) is 0.231. The summed E-state index contributed by atoms with van der Waals surface area (Å²) in [6.45, 7) is 34.5. The van der Waals surface area contributed by atoms with Crippen molar-refractivity contribution in [3.8, 4) is 44.5 Å². The Hall–Kier alpha value is -9.17. The smallest absolute Gasteiger partial charge is 0.248 e. The van der Waals surface area contributed by atoms with Gasteiger partial charge >= 0.3 is 0 Å². The number of nitrogens with zero attached hydrogens (tertiary/aromatic N) is 1. The monoisotopic (exact) mass is 1220 g/mol. The minimum absolute atomic E-state index is 0.0969. The van der Waals surface area contributed by atoms with Gasteiger partial charge in [0.25, 0.3) is 0 Å². The number of hydrogen-bond acceptors (Lipinski definition) is 1. The van der Waals surface area contributed by atoms with Crippen LogP contribution in [0.15, 0.2) is 278 Å². The molecule has 2 aliphatic heterocycles. The second-order valence-corrected chi connectivity index (χ2v) is 30.8. The van der Waals surface area contributed by atoms with Crippen molar-refractivity contribution in [1.82, 2.24) is 0 Å². The predicted molar refractivity (Wildman–Crippen MR) is 408 cm³/mol. The van der Waals surface area contributed by atoms with Crippen LogP contribution in [-0.2, 0) is 21.7 Å². The molecule has 0 spiro atoms. The molecule has 462 valence electrons. The summed E-state index contributed by atoms with van der Waals surface area (Å²) >= 11 is 0. The number of allylic oxidation sites excluding steroid dienone is 10. The van der Waals surface area contributed by atoms with Crippen LogP contribution in [0.3, 0.4) is 0 Å². The summed E-state index contributed by atoms with van der Waals surface area (Å²) in [6, 6.07) is 88.7. The van der Waals surface area contributed by atoms with Crippen LogP contribution >= 0.6 is 0 Å². The average Bonchev–Trinajstić information content (AvgIpc) is 1.32. The normalized spacial score (nSPS) is 19.3. The van der Waals surface area contributed by atoms with Gasteiger partial charge in [0, 0.05) is 17.1 Å². The van der Waals surface area contributed by atoms with E-state index >= 15 is 0 Å². The van der Waals surface area contributed by atoms with E-state index in [0.717, 1.165) is 0 Å². The fourth-order valence-corrected chi connectivity index (χ4v) is 17.5. The molecule has 0 saturated heterocycles. The van der Waals surface area contributed by atoms with E-state index in [4.69, 9.17) is 0 Å². The van der Waals surface area contributed by atoms with Crippen molar-refractivity contribution in [2.75, 3.05) is 4.90 Å². The van der Waals surface area contributed by atoms with Gasteiger partial charge in [-0.3, -0.25) is 0 Å². The Morgan fingerprint density at radius 3 is 1.28 bits per heavy atom. The molecule has 1 unspecified atom stereocenters. The molecule has 0 fully saturated rings. The molecule has 5 aliphatic rings. The van der Waals surface area contributed by atoms with Gasteiger partial charge in [0.15, 0.2) is 0 Å². The molecule has 0 radical (unpaired) electrons. The average molecular weight is 1220 g/mol. The maximum absolute atomic E-state index is 2.83. The highest BCUT2D eigenvalue weighted by atomic mass is 15.2. The van der Waals surface area contributed by atoms with Crippen molar-refractivity contribution in [2.45, 2.75) is 119 Å². The van der Waals surface area contributed by atoms with Crippen LogP contribution in [0.25, 0.3) is 55.7 Å². The lowest BCUT2D eigenvalue weighted by molar-refractivity contribution is 0.125. The van der Waals surface area contributed by atoms with Gasteiger partial charge in [0.2, 0.25) is 13.4 Å². The molecule has 3 aliphatic carbocycles. The van der Waals surface area contributed by atoms with Gasteiger partial charge in [-0.2, -0.15) is 0 Å². The zero-order valence-corrected chi connectivity index (χ0v) is 57.6. The lowest BCUT2D eigenvalue weighted by atomic mass is 9.28.